The molecule has 6 heteroatoms. The second-order valence-corrected chi connectivity index (χ2v) is 5.68. The van der Waals surface area contributed by atoms with Crippen LogP contribution in [0.2, 0.25) is 0 Å². The third kappa shape index (κ3) is 3.23. The van der Waals surface area contributed by atoms with Crippen LogP contribution in [0.15, 0.2) is 0 Å². The Kier molecular flexibility index (Phi) is 5.23. The zero-order valence-corrected chi connectivity index (χ0v) is 11.8. The molecule has 0 aromatic carbocycles. The van der Waals surface area contributed by atoms with Gasteiger partial charge in [0.15, 0.2) is 0 Å². The van der Waals surface area contributed by atoms with Gasteiger partial charge in [0.2, 0.25) is 0 Å². The Balaban J connectivity index is 2.07. The van der Waals surface area contributed by atoms with Crippen LogP contribution in [0.25, 0.3) is 0 Å². The first kappa shape index (κ1) is 15.1. The molecule has 6 nitrogen and oxygen atoms in total. The van der Waals surface area contributed by atoms with Gasteiger partial charge in [-0.3, -0.25) is 0 Å². The monoisotopic (exact) mass is 284 g/mol. The molecule has 0 aromatic heterocycles. The molecule has 2 aliphatic rings. The summed E-state index contributed by atoms with van der Waals surface area (Å²) in [6, 6.07) is -0.762. The summed E-state index contributed by atoms with van der Waals surface area (Å²) in [5, 5.41) is 18.4. The van der Waals surface area contributed by atoms with Gasteiger partial charge >= 0.3 is 12.0 Å². The Bertz CT molecular complexity index is 355. The van der Waals surface area contributed by atoms with E-state index in [0.29, 0.717) is 19.5 Å². The van der Waals surface area contributed by atoms with Gasteiger partial charge in [0.25, 0.3) is 0 Å². The van der Waals surface area contributed by atoms with E-state index in [1.807, 2.05) is 0 Å². The number of hydrogen-bond donors (Lipinski definition) is 2. The molecule has 2 N–H and O–H groups in total. The van der Waals surface area contributed by atoms with E-state index >= 15 is 0 Å². The highest BCUT2D eigenvalue weighted by atomic mass is 16.4. The van der Waals surface area contributed by atoms with Gasteiger partial charge in [-0.25, -0.2) is 9.59 Å². The Morgan fingerprint density at radius 1 is 1.10 bits per heavy atom. The van der Waals surface area contributed by atoms with Crippen molar-refractivity contribution in [2.24, 2.45) is 0 Å². The predicted octanol–water partition coefficient (Wildman–Crippen LogP) is 1.28. The topological polar surface area (TPSA) is 81.1 Å². The van der Waals surface area contributed by atoms with Crippen molar-refractivity contribution in [2.45, 2.75) is 57.0 Å². The van der Waals surface area contributed by atoms with Crippen molar-refractivity contribution in [3.8, 4) is 0 Å². The van der Waals surface area contributed by atoms with Crippen molar-refractivity contribution in [1.29, 1.82) is 0 Å². The van der Waals surface area contributed by atoms with Crippen LogP contribution in [0.1, 0.15) is 44.9 Å². The molecule has 1 saturated carbocycles. The molecular formula is C14H24N2O4. The lowest BCUT2D eigenvalue weighted by molar-refractivity contribution is -0.141. The quantitative estimate of drug-likeness (QED) is 0.815. The van der Waals surface area contributed by atoms with Crippen LogP contribution in [-0.4, -0.2) is 63.8 Å². The van der Waals surface area contributed by atoms with Gasteiger partial charge < -0.3 is 20.0 Å². The molecule has 0 spiro atoms. The number of aliphatic hydroxyl groups excluding tert-OH is 1. The van der Waals surface area contributed by atoms with E-state index in [2.05, 4.69) is 0 Å². The summed E-state index contributed by atoms with van der Waals surface area (Å²) in [5.74, 6) is -0.927. The minimum atomic E-state index is -0.927. The summed E-state index contributed by atoms with van der Waals surface area (Å²) in [6.45, 7) is 0.727. The van der Waals surface area contributed by atoms with Gasteiger partial charge in [-0.15, -0.1) is 0 Å². The van der Waals surface area contributed by atoms with Gasteiger partial charge in [-0.2, -0.15) is 0 Å². The molecule has 0 bridgehead atoms. The third-order valence-electron chi connectivity index (χ3n) is 4.39. The number of rotatable bonds is 4. The van der Waals surface area contributed by atoms with E-state index in [1.165, 1.54) is 11.3 Å². The molecule has 1 aliphatic heterocycles. The highest BCUT2D eigenvalue weighted by Gasteiger charge is 2.38. The maximum Gasteiger partial charge on any atom is 0.326 e. The zero-order valence-electron chi connectivity index (χ0n) is 11.8. The second kappa shape index (κ2) is 6.92. The summed E-state index contributed by atoms with van der Waals surface area (Å²) in [4.78, 5) is 27.0. The van der Waals surface area contributed by atoms with E-state index in [-0.39, 0.29) is 18.7 Å². The average molecular weight is 284 g/mol. The number of nitrogens with zero attached hydrogens (tertiary/aromatic N) is 2. The Labute approximate surface area is 119 Å². The van der Waals surface area contributed by atoms with Gasteiger partial charge in [0.05, 0.1) is 6.61 Å². The summed E-state index contributed by atoms with van der Waals surface area (Å²) < 4.78 is 0. The van der Waals surface area contributed by atoms with Gasteiger partial charge in [-0.05, 0) is 25.7 Å². The van der Waals surface area contributed by atoms with Crippen LogP contribution in [0.5, 0.6) is 0 Å². The minimum absolute atomic E-state index is 0.0756. The van der Waals surface area contributed by atoms with Crippen LogP contribution < -0.4 is 0 Å². The van der Waals surface area contributed by atoms with Crippen LogP contribution in [0.4, 0.5) is 4.79 Å². The SMILES string of the molecule is O=C(O)[C@H]1CCCN1C(=O)N(CCO)C1CCCCC1. The second-order valence-electron chi connectivity index (χ2n) is 5.68. The number of aliphatic carboxylic acids is 1. The van der Waals surface area contributed by atoms with Crippen LogP contribution in [0.3, 0.4) is 0 Å². The number of likely N-dealkylation sites (tertiary alicyclic amines) is 1. The van der Waals surface area contributed by atoms with Crippen LogP contribution in [-0.2, 0) is 4.79 Å². The maximum absolute atomic E-state index is 12.6. The lowest BCUT2D eigenvalue weighted by Gasteiger charge is -2.37. The number of amides is 2. The molecule has 0 aromatic rings. The summed E-state index contributed by atoms with van der Waals surface area (Å²) in [6.07, 6.45) is 6.57. The maximum atomic E-state index is 12.6. The molecule has 114 valence electrons. The first-order valence-corrected chi connectivity index (χ1v) is 7.56. The molecule has 0 radical (unpaired) electrons. The number of carboxylic acid groups (broad SMARTS) is 1. The number of carbonyl (C=O) groups excluding carboxylic acids is 1. The van der Waals surface area contributed by atoms with Crippen LogP contribution >= 0.6 is 0 Å². The minimum Gasteiger partial charge on any atom is -0.480 e. The fourth-order valence-corrected chi connectivity index (χ4v) is 3.35. The first-order chi connectivity index (χ1) is 9.65. The van der Waals surface area contributed by atoms with Gasteiger partial charge in [0, 0.05) is 19.1 Å². The fourth-order valence-electron chi connectivity index (χ4n) is 3.35. The van der Waals surface area contributed by atoms with Gasteiger partial charge in [-0.1, -0.05) is 19.3 Å². The van der Waals surface area contributed by atoms with Crippen molar-refractivity contribution < 1.29 is 19.8 Å². The number of urea groups is 1. The van der Waals surface area contributed by atoms with E-state index < -0.39 is 12.0 Å². The lowest BCUT2D eigenvalue weighted by atomic mass is 9.94. The molecule has 0 unspecified atom stereocenters. The highest BCUT2D eigenvalue weighted by molar-refractivity contribution is 5.83. The summed E-state index contributed by atoms with van der Waals surface area (Å²) in [7, 11) is 0. The normalized spacial score (nSPS) is 23.9. The average Bonchev–Trinajstić information content (AvgIpc) is 2.94. The van der Waals surface area contributed by atoms with Crippen molar-refractivity contribution in [1.82, 2.24) is 9.80 Å². The van der Waals surface area contributed by atoms with E-state index in [0.717, 1.165) is 32.1 Å². The molecule has 1 atom stereocenters. The van der Waals surface area contributed by atoms with E-state index in [9.17, 15) is 19.8 Å². The fraction of sp³-hybridized carbons (Fsp3) is 0.857. The molecule has 2 rings (SSSR count). The molecule has 20 heavy (non-hydrogen) atoms. The predicted molar refractivity (Wildman–Crippen MR) is 73.4 cm³/mol. The Morgan fingerprint density at radius 3 is 2.40 bits per heavy atom. The molecule has 2 fully saturated rings. The van der Waals surface area contributed by atoms with Crippen LogP contribution in [0, 0.1) is 0 Å². The molecule has 1 aliphatic carbocycles. The molecule has 1 saturated heterocycles. The zero-order chi connectivity index (χ0) is 14.5. The summed E-state index contributed by atoms with van der Waals surface area (Å²) >= 11 is 0. The number of carboxylic acids is 1. The number of carbonyl (C=O) groups is 2. The standard InChI is InChI=1S/C14H24N2O4/c17-10-9-15(11-5-2-1-3-6-11)14(20)16-8-4-7-12(16)13(18)19/h11-12,17H,1-10H2,(H,18,19)/t12-/m1/s1. The highest BCUT2D eigenvalue weighted by Crippen LogP contribution is 2.26. The largest absolute Gasteiger partial charge is 0.480 e. The van der Waals surface area contributed by atoms with Crippen molar-refractivity contribution in [3.05, 3.63) is 0 Å². The molecular weight excluding hydrogens is 260 g/mol. The van der Waals surface area contributed by atoms with E-state index in [4.69, 9.17) is 0 Å². The lowest BCUT2D eigenvalue weighted by Crippen LogP contribution is -2.52. The van der Waals surface area contributed by atoms with Crippen molar-refractivity contribution in [3.63, 3.8) is 0 Å². The van der Waals surface area contributed by atoms with Crippen molar-refractivity contribution >= 4 is 12.0 Å². The van der Waals surface area contributed by atoms with Crippen molar-refractivity contribution in [2.75, 3.05) is 19.7 Å². The molecule has 1 heterocycles. The summed E-state index contributed by atoms with van der Waals surface area (Å²) in [5.41, 5.74) is 0. The molecule has 2 amide bonds. The van der Waals surface area contributed by atoms with E-state index in [1.54, 1.807) is 4.90 Å². The van der Waals surface area contributed by atoms with Gasteiger partial charge in [0.1, 0.15) is 6.04 Å². The Morgan fingerprint density at radius 2 is 1.80 bits per heavy atom. The Hall–Kier alpha value is -1.30. The third-order valence-corrected chi connectivity index (χ3v) is 4.39. The number of hydrogen-bond acceptors (Lipinski definition) is 3. The first-order valence-electron chi connectivity index (χ1n) is 7.56. The number of aliphatic hydroxyl groups is 1. The smallest absolute Gasteiger partial charge is 0.326 e.